The standard InChI is InChI=1S/C22H30F4O/c1-15-2-4-16(5-3-15)12-17-6-8-18(9-7-17)13-19-10-11-21(20(23)14-19)27-22(24,25)26/h10-11,14-18H,2-9,12-13H2,1H3. The SMILES string of the molecule is CC1CCC(CC2CCC(Cc3ccc(OC(F)(F)F)c(F)c3)CC2)CC1. The van der Waals surface area contributed by atoms with Crippen molar-refractivity contribution >= 4 is 0 Å². The molecule has 0 radical (unpaired) electrons. The molecule has 0 amide bonds. The number of rotatable bonds is 5. The molecule has 0 spiro atoms. The Labute approximate surface area is 159 Å². The van der Waals surface area contributed by atoms with Gasteiger partial charge in [0.15, 0.2) is 11.6 Å². The Hall–Kier alpha value is -1.26. The van der Waals surface area contributed by atoms with Crippen LogP contribution in [0.15, 0.2) is 18.2 Å². The Morgan fingerprint density at radius 2 is 1.44 bits per heavy atom. The Morgan fingerprint density at radius 1 is 0.889 bits per heavy atom. The van der Waals surface area contributed by atoms with Crippen LogP contribution >= 0.6 is 0 Å². The largest absolute Gasteiger partial charge is 0.573 e. The van der Waals surface area contributed by atoms with Crippen molar-refractivity contribution in [1.82, 2.24) is 0 Å². The van der Waals surface area contributed by atoms with Crippen LogP contribution in [0.3, 0.4) is 0 Å². The predicted octanol–water partition coefficient (Wildman–Crippen LogP) is 7.29. The third-order valence-corrected chi connectivity index (χ3v) is 6.51. The molecule has 1 aromatic carbocycles. The van der Waals surface area contributed by atoms with E-state index in [-0.39, 0.29) is 0 Å². The van der Waals surface area contributed by atoms with E-state index in [0.717, 1.165) is 48.6 Å². The fourth-order valence-electron chi connectivity index (χ4n) is 4.92. The maximum atomic E-state index is 13.9. The van der Waals surface area contributed by atoms with Gasteiger partial charge in [-0.2, -0.15) is 0 Å². The summed E-state index contributed by atoms with van der Waals surface area (Å²) in [5.41, 5.74) is 0.756. The normalized spacial score (nSPS) is 29.5. The second-order valence-corrected chi connectivity index (χ2v) is 8.77. The number of hydrogen-bond donors (Lipinski definition) is 0. The molecular formula is C22H30F4O. The van der Waals surface area contributed by atoms with Crippen LogP contribution in [0.1, 0.15) is 70.3 Å². The van der Waals surface area contributed by atoms with Crippen molar-refractivity contribution in [3.63, 3.8) is 0 Å². The average Bonchev–Trinajstić information content (AvgIpc) is 2.60. The Bertz CT molecular complexity index is 597. The van der Waals surface area contributed by atoms with E-state index < -0.39 is 17.9 Å². The van der Waals surface area contributed by atoms with Crippen LogP contribution in [0.25, 0.3) is 0 Å². The van der Waals surface area contributed by atoms with Gasteiger partial charge in [-0.15, -0.1) is 13.2 Å². The summed E-state index contributed by atoms with van der Waals surface area (Å²) in [6, 6.07) is 3.84. The lowest BCUT2D eigenvalue weighted by atomic mass is 9.72. The number of benzene rings is 1. The maximum Gasteiger partial charge on any atom is 0.573 e. The van der Waals surface area contributed by atoms with Gasteiger partial charge in [0.25, 0.3) is 0 Å². The van der Waals surface area contributed by atoms with Crippen LogP contribution in [-0.4, -0.2) is 6.36 Å². The van der Waals surface area contributed by atoms with Crippen LogP contribution in [0.4, 0.5) is 17.6 Å². The summed E-state index contributed by atoms with van der Waals surface area (Å²) in [4.78, 5) is 0. The molecule has 0 atom stereocenters. The molecule has 0 aromatic heterocycles. The van der Waals surface area contributed by atoms with E-state index in [2.05, 4.69) is 11.7 Å². The lowest BCUT2D eigenvalue weighted by Crippen LogP contribution is -2.21. The zero-order valence-corrected chi connectivity index (χ0v) is 16.0. The number of hydrogen-bond acceptors (Lipinski definition) is 1. The quantitative estimate of drug-likeness (QED) is 0.483. The molecule has 5 heteroatoms. The van der Waals surface area contributed by atoms with E-state index in [1.165, 1.54) is 51.0 Å². The molecule has 2 aliphatic rings. The zero-order chi connectivity index (χ0) is 19.4. The fraction of sp³-hybridized carbons (Fsp3) is 0.727. The van der Waals surface area contributed by atoms with Gasteiger partial charge in [0, 0.05) is 0 Å². The lowest BCUT2D eigenvalue weighted by molar-refractivity contribution is -0.275. The van der Waals surface area contributed by atoms with Crippen LogP contribution < -0.4 is 4.74 Å². The van der Waals surface area contributed by atoms with Crippen molar-refractivity contribution in [2.45, 2.75) is 77.5 Å². The minimum atomic E-state index is -4.86. The summed E-state index contributed by atoms with van der Waals surface area (Å²) in [5, 5.41) is 0. The molecule has 1 nitrogen and oxygen atoms in total. The van der Waals surface area contributed by atoms with Crippen molar-refractivity contribution in [3.8, 4) is 5.75 Å². The minimum Gasteiger partial charge on any atom is -0.403 e. The lowest BCUT2D eigenvalue weighted by Gasteiger charge is -2.33. The summed E-state index contributed by atoms with van der Waals surface area (Å²) < 4.78 is 54.2. The molecule has 0 saturated heterocycles. The monoisotopic (exact) mass is 386 g/mol. The summed E-state index contributed by atoms with van der Waals surface area (Å²) in [6.45, 7) is 2.35. The van der Waals surface area contributed by atoms with Gasteiger partial charge in [0.05, 0.1) is 0 Å². The first kappa shape index (κ1) is 20.5. The predicted molar refractivity (Wildman–Crippen MR) is 98.0 cm³/mol. The molecule has 152 valence electrons. The molecule has 2 aliphatic carbocycles. The smallest absolute Gasteiger partial charge is 0.403 e. The molecule has 0 heterocycles. The fourth-order valence-corrected chi connectivity index (χ4v) is 4.92. The molecule has 3 rings (SSSR count). The van der Waals surface area contributed by atoms with Crippen molar-refractivity contribution in [1.29, 1.82) is 0 Å². The van der Waals surface area contributed by atoms with Gasteiger partial charge in [-0.05, 0) is 67.1 Å². The molecular weight excluding hydrogens is 356 g/mol. The Kier molecular flexibility index (Phi) is 6.69. The molecule has 2 fully saturated rings. The maximum absolute atomic E-state index is 13.9. The van der Waals surface area contributed by atoms with E-state index >= 15 is 0 Å². The molecule has 1 aromatic rings. The number of alkyl halides is 3. The van der Waals surface area contributed by atoms with Crippen LogP contribution in [-0.2, 0) is 6.42 Å². The second kappa shape index (κ2) is 8.83. The first-order valence-electron chi connectivity index (χ1n) is 10.3. The van der Waals surface area contributed by atoms with Crippen LogP contribution in [0.2, 0.25) is 0 Å². The Balaban J connectivity index is 1.44. The minimum absolute atomic E-state index is 0.501. The van der Waals surface area contributed by atoms with Gasteiger partial charge in [-0.3, -0.25) is 0 Å². The van der Waals surface area contributed by atoms with E-state index in [4.69, 9.17) is 0 Å². The second-order valence-electron chi connectivity index (χ2n) is 8.77. The molecule has 0 bridgehead atoms. The summed E-state index contributed by atoms with van der Waals surface area (Å²) in [7, 11) is 0. The van der Waals surface area contributed by atoms with Gasteiger partial charge >= 0.3 is 6.36 Å². The average molecular weight is 386 g/mol. The van der Waals surface area contributed by atoms with Crippen molar-refractivity contribution < 1.29 is 22.3 Å². The highest BCUT2D eigenvalue weighted by Gasteiger charge is 2.32. The van der Waals surface area contributed by atoms with Crippen molar-refractivity contribution in [2.24, 2.45) is 23.7 Å². The molecule has 2 saturated carbocycles. The molecule has 0 aliphatic heterocycles. The summed E-state index contributed by atoms with van der Waals surface area (Å²) in [6.07, 6.45) is 7.47. The zero-order valence-electron chi connectivity index (χ0n) is 16.0. The van der Waals surface area contributed by atoms with Crippen molar-refractivity contribution in [2.75, 3.05) is 0 Å². The highest BCUT2D eigenvalue weighted by Crippen LogP contribution is 2.39. The van der Waals surface area contributed by atoms with Crippen LogP contribution in [0.5, 0.6) is 5.75 Å². The molecule has 0 N–H and O–H groups in total. The summed E-state index contributed by atoms with van der Waals surface area (Å²) in [5.74, 6) is 1.42. The van der Waals surface area contributed by atoms with Gasteiger partial charge in [0.2, 0.25) is 0 Å². The number of halogens is 4. The molecule has 0 unspecified atom stereocenters. The van der Waals surface area contributed by atoms with E-state index in [1.54, 1.807) is 6.07 Å². The summed E-state index contributed by atoms with van der Waals surface area (Å²) >= 11 is 0. The van der Waals surface area contributed by atoms with E-state index in [0.29, 0.717) is 5.92 Å². The third kappa shape index (κ3) is 6.39. The third-order valence-electron chi connectivity index (χ3n) is 6.51. The topological polar surface area (TPSA) is 9.23 Å². The Morgan fingerprint density at radius 3 is 2.00 bits per heavy atom. The first-order chi connectivity index (χ1) is 12.8. The van der Waals surface area contributed by atoms with Gasteiger partial charge in [-0.1, -0.05) is 51.5 Å². The highest BCUT2D eigenvalue weighted by molar-refractivity contribution is 5.29. The van der Waals surface area contributed by atoms with Crippen LogP contribution in [0, 0.1) is 29.5 Å². The van der Waals surface area contributed by atoms with Gasteiger partial charge in [-0.25, -0.2) is 4.39 Å². The first-order valence-corrected chi connectivity index (χ1v) is 10.3. The highest BCUT2D eigenvalue weighted by atomic mass is 19.4. The van der Waals surface area contributed by atoms with E-state index in [9.17, 15) is 17.6 Å². The molecule has 27 heavy (non-hydrogen) atoms. The van der Waals surface area contributed by atoms with Crippen molar-refractivity contribution in [3.05, 3.63) is 29.6 Å². The number of ether oxygens (including phenoxy) is 1. The van der Waals surface area contributed by atoms with E-state index in [1.807, 2.05) is 0 Å². The van der Waals surface area contributed by atoms with Gasteiger partial charge < -0.3 is 4.74 Å². The van der Waals surface area contributed by atoms with Gasteiger partial charge in [0.1, 0.15) is 0 Å².